The molecule has 110 valence electrons. The molecule has 0 aromatic carbocycles. The summed E-state index contributed by atoms with van der Waals surface area (Å²) in [6.45, 7) is 0.333. The lowest BCUT2D eigenvalue weighted by Crippen LogP contribution is -2.30. The summed E-state index contributed by atoms with van der Waals surface area (Å²) in [5, 5.41) is 10.6. The zero-order valence-electron chi connectivity index (χ0n) is 11.4. The van der Waals surface area contributed by atoms with Gasteiger partial charge in [0.2, 0.25) is 11.8 Å². The third-order valence-corrected chi connectivity index (χ3v) is 3.90. The van der Waals surface area contributed by atoms with Crippen LogP contribution in [0.2, 0.25) is 0 Å². The molecule has 1 heterocycles. The predicted molar refractivity (Wildman–Crippen MR) is 70.2 cm³/mol. The lowest BCUT2D eigenvalue weighted by atomic mass is 10.0. The average molecular weight is 283 g/mol. The van der Waals surface area contributed by atoms with Crippen molar-refractivity contribution in [2.75, 3.05) is 6.54 Å². The molecule has 2 rings (SSSR count). The van der Waals surface area contributed by atoms with Crippen LogP contribution in [0.25, 0.3) is 0 Å². The Morgan fingerprint density at radius 2 is 2.15 bits per heavy atom. The Kier molecular flexibility index (Phi) is 4.36. The number of nitrogens with one attached hydrogen (secondary N) is 1. The molecule has 1 fully saturated rings. The van der Waals surface area contributed by atoms with E-state index in [0.717, 1.165) is 0 Å². The summed E-state index contributed by atoms with van der Waals surface area (Å²) < 4.78 is 26.0. The number of alkyl halides is 2. The Labute approximate surface area is 117 Å². The maximum Gasteiger partial charge on any atom is 0.248 e. The van der Waals surface area contributed by atoms with Gasteiger partial charge in [0.1, 0.15) is 0 Å². The van der Waals surface area contributed by atoms with Gasteiger partial charge in [-0.3, -0.25) is 4.79 Å². The number of halogens is 2. The fourth-order valence-electron chi connectivity index (χ4n) is 2.54. The van der Waals surface area contributed by atoms with Crippen LogP contribution in [-0.4, -0.2) is 24.0 Å². The van der Waals surface area contributed by atoms with E-state index >= 15 is 0 Å². The van der Waals surface area contributed by atoms with Crippen LogP contribution in [0.5, 0.6) is 0 Å². The number of carbonyl (C=O) groups is 1. The van der Waals surface area contributed by atoms with E-state index in [1.54, 1.807) is 0 Å². The lowest BCUT2D eigenvalue weighted by Gasteiger charge is -2.13. The number of nitrogens with zero attached hydrogens (tertiary/aromatic N) is 2. The molecule has 1 atom stereocenters. The Hall–Kier alpha value is -1.51. The Morgan fingerprint density at radius 3 is 2.70 bits per heavy atom. The highest BCUT2D eigenvalue weighted by atomic mass is 19.3. The van der Waals surface area contributed by atoms with Gasteiger partial charge < -0.3 is 5.32 Å². The van der Waals surface area contributed by atoms with Gasteiger partial charge in [0.05, 0.1) is 0 Å². The van der Waals surface area contributed by atoms with Crippen LogP contribution < -0.4 is 5.32 Å². The fourth-order valence-corrected chi connectivity index (χ4v) is 2.54. The van der Waals surface area contributed by atoms with Crippen molar-refractivity contribution in [2.45, 2.75) is 56.5 Å². The van der Waals surface area contributed by atoms with Crippen LogP contribution >= 0.6 is 0 Å². The van der Waals surface area contributed by atoms with Crippen molar-refractivity contribution >= 4 is 5.91 Å². The topological polar surface area (TPSA) is 53.8 Å². The predicted octanol–water partition coefficient (Wildman–Crippen LogP) is 2.89. The molecule has 1 aliphatic carbocycles. The highest BCUT2D eigenvalue weighted by Crippen LogP contribution is 2.39. The third-order valence-electron chi connectivity index (χ3n) is 3.90. The smallest absolute Gasteiger partial charge is 0.248 e. The second kappa shape index (κ2) is 5.86. The minimum absolute atomic E-state index is 0.0690. The summed E-state index contributed by atoms with van der Waals surface area (Å²) in [5.74, 6) is -0.264. The van der Waals surface area contributed by atoms with Crippen molar-refractivity contribution < 1.29 is 13.6 Å². The van der Waals surface area contributed by atoms with Gasteiger partial charge in [-0.15, -0.1) is 12.3 Å². The van der Waals surface area contributed by atoms with E-state index in [1.165, 1.54) is 0 Å². The van der Waals surface area contributed by atoms with Crippen molar-refractivity contribution in [3.8, 4) is 12.3 Å². The van der Waals surface area contributed by atoms with Gasteiger partial charge in [-0.2, -0.15) is 10.2 Å². The summed E-state index contributed by atoms with van der Waals surface area (Å²) in [7, 11) is 0. The van der Waals surface area contributed by atoms with Crippen LogP contribution in [0, 0.1) is 18.3 Å². The second-order valence-corrected chi connectivity index (χ2v) is 5.66. The molecule has 0 spiro atoms. The summed E-state index contributed by atoms with van der Waals surface area (Å²) in [6.07, 6.45) is 7.58. The molecule has 6 heteroatoms. The Balaban J connectivity index is 1.61. The molecule has 0 bridgehead atoms. The molecular formula is C14H19F2N3O. The Bertz CT molecular complexity index is 436. The lowest BCUT2D eigenvalue weighted by molar-refractivity contribution is -0.121. The molecule has 0 aromatic rings. The molecule has 1 amide bonds. The zero-order chi connectivity index (χ0) is 14.6. The zero-order valence-corrected chi connectivity index (χ0v) is 11.4. The van der Waals surface area contributed by atoms with E-state index in [2.05, 4.69) is 21.5 Å². The van der Waals surface area contributed by atoms with E-state index in [0.29, 0.717) is 38.6 Å². The van der Waals surface area contributed by atoms with Crippen LogP contribution in [0.1, 0.15) is 44.9 Å². The number of rotatable bonds is 7. The van der Waals surface area contributed by atoms with Gasteiger partial charge in [-0.25, -0.2) is 8.78 Å². The minimum atomic E-state index is -2.56. The van der Waals surface area contributed by atoms with Gasteiger partial charge in [0, 0.05) is 45.1 Å². The summed E-state index contributed by atoms with van der Waals surface area (Å²) in [4.78, 5) is 11.7. The average Bonchev–Trinajstić information content (AvgIpc) is 3.09. The maximum atomic E-state index is 13.0. The SMILES string of the molecule is C#CCCC1(CCC(=O)NCC2CCC(F)(F)C2)N=N1. The number of hydrogen-bond donors (Lipinski definition) is 1. The van der Waals surface area contributed by atoms with E-state index in [4.69, 9.17) is 6.42 Å². The second-order valence-electron chi connectivity index (χ2n) is 5.66. The van der Waals surface area contributed by atoms with Crippen molar-refractivity contribution in [2.24, 2.45) is 16.1 Å². The van der Waals surface area contributed by atoms with E-state index < -0.39 is 11.6 Å². The molecule has 0 aromatic heterocycles. The molecular weight excluding hydrogens is 264 g/mol. The first-order chi connectivity index (χ1) is 9.45. The molecule has 0 saturated heterocycles. The largest absolute Gasteiger partial charge is 0.356 e. The first-order valence-corrected chi connectivity index (χ1v) is 6.97. The number of carbonyl (C=O) groups excluding carboxylic acids is 1. The molecule has 1 N–H and O–H groups in total. The van der Waals surface area contributed by atoms with Crippen LogP contribution in [0.4, 0.5) is 8.78 Å². The first-order valence-electron chi connectivity index (χ1n) is 6.97. The molecule has 2 aliphatic rings. The highest BCUT2D eigenvalue weighted by molar-refractivity contribution is 5.76. The standard InChI is InChI=1S/C14H19F2N3O/c1-2-3-6-14(18-19-14)8-5-12(20)17-10-11-4-7-13(15,16)9-11/h1,11H,3-10H2,(H,17,20). The summed E-state index contributed by atoms with van der Waals surface area (Å²) in [6, 6.07) is 0. The van der Waals surface area contributed by atoms with E-state index in [-0.39, 0.29) is 24.7 Å². The van der Waals surface area contributed by atoms with Crippen molar-refractivity contribution in [1.29, 1.82) is 0 Å². The fraction of sp³-hybridized carbons (Fsp3) is 0.786. The normalized spacial score (nSPS) is 25.1. The highest BCUT2D eigenvalue weighted by Gasteiger charge is 2.40. The Morgan fingerprint density at radius 1 is 1.40 bits per heavy atom. The molecule has 20 heavy (non-hydrogen) atoms. The van der Waals surface area contributed by atoms with Gasteiger partial charge in [-0.05, 0) is 12.3 Å². The van der Waals surface area contributed by atoms with E-state index in [9.17, 15) is 13.6 Å². The van der Waals surface area contributed by atoms with Crippen LogP contribution in [-0.2, 0) is 4.79 Å². The number of terminal acetylenes is 1. The summed E-state index contributed by atoms with van der Waals surface area (Å²) in [5.41, 5.74) is -0.454. The quantitative estimate of drug-likeness (QED) is 0.718. The third kappa shape index (κ3) is 4.26. The molecule has 1 unspecified atom stereocenters. The maximum absolute atomic E-state index is 13.0. The number of hydrogen-bond acceptors (Lipinski definition) is 3. The minimum Gasteiger partial charge on any atom is -0.356 e. The molecule has 4 nitrogen and oxygen atoms in total. The first kappa shape index (κ1) is 14.9. The monoisotopic (exact) mass is 283 g/mol. The summed E-state index contributed by atoms with van der Waals surface area (Å²) >= 11 is 0. The van der Waals surface area contributed by atoms with Crippen molar-refractivity contribution in [3.63, 3.8) is 0 Å². The molecule has 1 saturated carbocycles. The van der Waals surface area contributed by atoms with Gasteiger partial charge in [0.25, 0.3) is 0 Å². The molecule has 1 aliphatic heterocycles. The van der Waals surface area contributed by atoms with Crippen molar-refractivity contribution in [1.82, 2.24) is 5.32 Å². The van der Waals surface area contributed by atoms with Crippen LogP contribution in [0.3, 0.4) is 0 Å². The van der Waals surface area contributed by atoms with Crippen LogP contribution in [0.15, 0.2) is 10.2 Å². The van der Waals surface area contributed by atoms with Gasteiger partial charge in [-0.1, -0.05) is 0 Å². The van der Waals surface area contributed by atoms with E-state index in [1.807, 2.05) is 0 Å². The van der Waals surface area contributed by atoms with Crippen molar-refractivity contribution in [3.05, 3.63) is 0 Å². The van der Waals surface area contributed by atoms with Gasteiger partial charge in [0.15, 0.2) is 5.66 Å². The number of amides is 1. The van der Waals surface area contributed by atoms with Gasteiger partial charge >= 0.3 is 0 Å². The molecule has 0 radical (unpaired) electrons.